The number of fused-ring (bicyclic) bond motifs is 1. The van der Waals surface area contributed by atoms with E-state index >= 15 is 0 Å². The van der Waals surface area contributed by atoms with Crippen molar-refractivity contribution >= 4 is 34.6 Å². The average molecular weight is 332 g/mol. The van der Waals surface area contributed by atoms with Crippen LogP contribution in [0.2, 0.25) is 0 Å². The molecule has 1 aliphatic rings. The van der Waals surface area contributed by atoms with Gasteiger partial charge in [0.1, 0.15) is 11.0 Å². The van der Waals surface area contributed by atoms with Gasteiger partial charge in [-0.25, -0.2) is 9.97 Å². The predicted octanol–water partition coefficient (Wildman–Crippen LogP) is 0.894. The maximum atomic E-state index is 9.43. The van der Waals surface area contributed by atoms with Crippen molar-refractivity contribution in [3.63, 3.8) is 0 Å². The third-order valence-corrected chi connectivity index (χ3v) is 3.97. The highest BCUT2D eigenvalue weighted by molar-refractivity contribution is 5.94. The van der Waals surface area contributed by atoms with Crippen LogP contribution in [0.1, 0.15) is 19.8 Å². The van der Waals surface area contributed by atoms with E-state index in [9.17, 15) is 5.11 Å². The molecule has 0 radical (unpaired) electrons. The molecular formula is C15H24N8O. The van der Waals surface area contributed by atoms with E-state index in [2.05, 4.69) is 40.8 Å². The van der Waals surface area contributed by atoms with Crippen LogP contribution in [0.15, 0.2) is 0 Å². The topological polar surface area (TPSA) is 111 Å². The zero-order chi connectivity index (χ0) is 17.3. The van der Waals surface area contributed by atoms with Crippen LogP contribution in [0.3, 0.4) is 0 Å². The molecule has 2 aromatic rings. The van der Waals surface area contributed by atoms with Gasteiger partial charge in [0.05, 0.1) is 6.10 Å². The smallest absolute Gasteiger partial charge is 0.228 e. The van der Waals surface area contributed by atoms with Crippen molar-refractivity contribution in [2.45, 2.75) is 31.9 Å². The van der Waals surface area contributed by atoms with Crippen molar-refractivity contribution in [2.75, 3.05) is 48.5 Å². The molecule has 1 fully saturated rings. The molecule has 0 saturated heterocycles. The van der Waals surface area contributed by atoms with Gasteiger partial charge in [-0.1, -0.05) is 0 Å². The number of aliphatic hydroxyl groups is 1. The third kappa shape index (κ3) is 3.25. The lowest BCUT2D eigenvalue weighted by Crippen LogP contribution is -2.23. The summed E-state index contributed by atoms with van der Waals surface area (Å²) < 4.78 is 0. The largest absolute Gasteiger partial charge is 0.392 e. The Hall–Kier alpha value is -2.42. The number of anilines is 4. The summed E-state index contributed by atoms with van der Waals surface area (Å²) in [6.45, 7) is 2.07. The maximum Gasteiger partial charge on any atom is 0.228 e. The van der Waals surface area contributed by atoms with Crippen LogP contribution in [0, 0.1) is 0 Å². The van der Waals surface area contributed by atoms with Gasteiger partial charge in [0.25, 0.3) is 0 Å². The first-order valence-corrected chi connectivity index (χ1v) is 8.13. The number of hydrogen-bond donors (Lipinski definition) is 4. The number of rotatable bonds is 7. The fourth-order valence-corrected chi connectivity index (χ4v) is 2.45. The zero-order valence-electron chi connectivity index (χ0n) is 14.5. The summed E-state index contributed by atoms with van der Waals surface area (Å²) in [7, 11) is 5.62. The molecule has 3 rings (SSSR count). The summed E-state index contributed by atoms with van der Waals surface area (Å²) in [6.07, 6.45) is 1.85. The Kier molecular flexibility index (Phi) is 4.52. The summed E-state index contributed by atoms with van der Waals surface area (Å²) >= 11 is 0. The standard InChI is InChI=1S/C15H24N8O/c1-8(24)7-18-14-19-10-11(12(16-2)21-14)20-15(22-13(10)17-3)23(4)9-5-6-9/h8-9,24H,5-7H2,1-4H3,(H,17,20,22)(H2,16,18,19,21)/t8-/m0/s1. The Labute approximate surface area is 140 Å². The lowest BCUT2D eigenvalue weighted by Gasteiger charge is -2.19. The Bertz CT molecular complexity index is 731. The number of aromatic nitrogens is 4. The first kappa shape index (κ1) is 16.4. The van der Waals surface area contributed by atoms with Crippen LogP contribution in [-0.4, -0.2) is 64.9 Å². The van der Waals surface area contributed by atoms with E-state index in [1.54, 1.807) is 14.0 Å². The monoisotopic (exact) mass is 332 g/mol. The van der Waals surface area contributed by atoms with E-state index in [-0.39, 0.29) is 0 Å². The lowest BCUT2D eigenvalue weighted by molar-refractivity contribution is 0.208. The molecule has 9 heteroatoms. The van der Waals surface area contributed by atoms with Crippen molar-refractivity contribution in [3.8, 4) is 0 Å². The first-order chi connectivity index (χ1) is 11.5. The first-order valence-electron chi connectivity index (χ1n) is 8.13. The van der Waals surface area contributed by atoms with Crippen LogP contribution in [0.25, 0.3) is 11.0 Å². The summed E-state index contributed by atoms with van der Waals surface area (Å²) in [5.74, 6) is 2.37. The molecule has 0 unspecified atom stereocenters. The highest BCUT2D eigenvalue weighted by atomic mass is 16.3. The van der Waals surface area contributed by atoms with Gasteiger partial charge in [0, 0.05) is 33.7 Å². The van der Waals surface area contributed by atoms with Crippen molar-refractivity contribution < 1.29 is 5.11 Å². The van der Waals surface area contributed by atoms with Gasteiger partial charge in [-0.15, -0.1) is 0 Å². The van der Waals surface area contributed by atoms with Crippen molar-refractivity contribution in [3.05, 3.63) is 0 Å². The number of hydrogen-bond acceptors (Lipinski definition) is 9. The van der Waals surface area contributed by atoms with E-state index in [1.165, 1.54) is 12.8 Å². The van der Waals surface area contributed by atoms with E-state index in [0.717, 1.165) is 0 Å². The average Bonchev–Trinajstić information content (AvgIpc) is 3.42. The van der Waals surface area contributed by atoms with Crippen molar-refractivity contribution in [1.29, 1.82) is 0 Å². The van der Waals surface area contributed by atoms with E-state index in [1.807, 2.05) is 14.1 Å². The molecular weight excluding hydrogens is 308 g/mol. The Balaban J connectivity index is 2.07. The molecule has 1 atom stereocenters. The third-order valence-electron chi connectivity index (χ3n) is 3.97. The minimum Gasteiger partial charge on any atom is -0.392 e. The molecule has 2 aromatic heterocycles. The van der Waals surface area contributed by atoms with Gasteiger partial charge in [-0.3, -0.25) is 0 Å². The maximum absolute atomic E-state index is 9.43. The van der Waals surface area contributed by atoms with Crippen LogP contribution in [0.4, 0.5) is 23.5 Å². The zero-order valence-corrected chi connectivity index (χ0v) is 14.5. The Morgan fingerprint density at radius 1 is 1.08 bits per heavy atom. The highest BCUT2D eigenvalue weighted by Gasteiger charge is 2.29. The molecule has 0 aliphatic heterocycles. The van der Waals surface area contributed by atoms with Gasteiger partial charge in [-0.2, -0.15) is 9.97 Å². The fourth-order valence-electron chi connectivity index (χ4n) is 2.45. The molecule has 4 N–H and O–H groups in total. The molecule has 9 nitrogen and oxygen atoms in total. The molecule has 1 aliphatic carbocycles. The van der Waals surface area contributed by atoms with Crippen molar-refractivity contribution in [1.82, 2.24) is 19.9 Å². The van der Waals surface area contributed by atoms with E-state index in [0.29, 0.717) is 47.2 Å². The van der Waals surface area contributed by atoms with E-state index in [4.69, 9.17) is 0 Å². The predicted molar refractivity (Wildman–Crippen MR) is 95.8 cm³/mol. The SMILES string of the molecule is CNc1nc(N(C)C2CC2)nc2c(NC)nc(NC[C@H](C)O)nc12. The summed E-state index contributed by atoms with van der Waals surface area (Å²) in [4.78, 5) is 20.3. The second-order valence-corrected chi connectivity index (χ2v) is 6.04. The summed E-state index contributed by atoms with van der Waals surface area (Å²) in [5, 5.41) is 18.6. The number of nitrogens with one attached hydrogen (secondary N) is 3. The van der Waals surface area contributed by atoms with Crippen LogP contribution in [-0.2, 0) is 0 Å². The molecule has 130 valence electrons. The molecule has 0 spiro atoms. The minimum absolute atomic E-state index is 0.368. The summed E-state index contributed by atoms with van der Waals surface area (Å²) in [6, 6.07) is 0.512. The molecule has 24 heavy (non-hydrogen) atoms. The van der Waals surface area contributed by atoms with Gasteiger partial charge in [0.15, 0.2) is 11.6 Å². The normalized spacial score (nSPS) is 15.2. The quantitative estimate of drug-likeness (QED) is 0.587. The molecule has 0 aromatic carbocycles. The van der Waals surface area contributed by atoms with Gasteiger partial charge < -0.3 is 26.0 Å². The second-order valence-electron chi connectivity index (χ2n) is 6.04. The Morgan fingerprint density at radius 2 is 1.71 bits per heavy atom. The van der Waals surface area contributed by atoms with Gasteiger partial charge in [0.2, 0.25) is 11.9 Å². The van der Waals surface area contributed by atoms with E-state index < -0.39 is 6.10 Å². The number of nitrogens with zero attached hydrogens (tertiary/aromatic N) is 5. The van der Waals surface area contributed by atoms with Gasteiger partial charge >= 0.3 is 0 Å². The fraction of sp³-hybridized carbons (Fsp3) is 0.600. The van der Waals surface area contributed by atoms with Crippen LogP contribution < -0.4 is 20.9 Å². The molecule has 1 saturated carbocycles. The molecule has 2 heterocycles. The van der Waals surface area contributed by atoms with Crippen LogP contribution in [0.5, 0.6) is 0 Å². The molecule has 0 bridgehead atoms. The minimum atomic E-state index is -0.489. The second kappa shape index (κ2) is 6.60. The van der Waals surface area contributed by atoms with Gasteiger partial charge in [-0.05, 0) is 19.8 Å². The van der Waals surface area contributed by atoms with Crippen molar-refractivity contribution in [2.24, 2.45) is 0 Å². The summed E-state index contributed by atoms with van der Waals surface area (Å²) in [5.41, 5.74) is 1.31. The number of aliphatic hydroxyl groups excluding tert-OH is 1. The Morgan fingerprint density at radius 3 is 2.29 bits per heavy atom. The van der Waals surface area contributed by atoms with Crippen LogP contribution >= 0.6 is 0 Å². The molecule has 0 amide bonds. The highest BCUT2D eigenvalue weighted by Crippen LogP contribution is 2.32. The lowest BCUT2D eigenvalue weighted by atomic mass is 10.3.